The number of anilines is 1. The van der Waals surface area contributed by atoms with E-state index in [9.17, 15) is 9.18 Å². The van der Waals surface area contributed by atoms with Gasteiger partial charge in [0.25, 0.3) is 5.91 Å². The summed E-state index contributed by atoms with van der Waals surface area (Å²) >= 11 is 1.37. The summed E-state index contributed by atoms with van der Waals surface area (Å²) in [5.74, 6) is -0.361. The van der Waals surface area contributed by atoms with E-state index in [4.69, 9.17) is 4.99 Å². The van der Waals surface area contributed by atoms with E-state index in [0.717, 1.165) is 33.4 Å². The molecule has 2 heterocycles. The van der Waals surface area contributed by atoms with Crippen molar-refractivity contribution in [3.05, 3.63) is 137 Å². The van der Waals surface area contributed by atoms with E-state index in [-0.39, 0.29) is 11.7 Å². The molecule has 1 fully saturated rings. The number of thioether (sulfide) groups is 1. The summed E-state index contributed by atoms with van der Waals surface area (Å²) in [5.41, 5.74) is 4.56. The molecule has 0 unspecified atom stereocenters. The lowest BCUT2D eigenvalue weighted by atomic mass is 10.1. The standard InChI is InChI=1S/C31H22FN3OS/c32-24-17-15-22(16-18-24)20-34-21-23(27-13-7-8-14-28(27)34)19-29-30(36)35(26-11-5-2-6-12-26)31(37-29)33-25-9-3-1-4-10-25/h1-19,21H,20H2/b29-19-,33-31?. The topological polar surface area (TPSA) is 37.6 Å². The minimum absolute atomic E-state index is 0.110. The number of para-hydroxylation sites is 3. The van der Waals surface area contributed by atoms with Gasteiger partial charge in [0, 0.05) is 29.2 Å². The highest BCUT2D eigenvalue weighted by Gasteiger charge is 2.35. The highest BCUT2D eigenvalue weighted by Crippen LogP contribution is 2.38. The number of fused-ring (bicyclic) bond motifs is 1. The molecule has 6 heteroatoms. The molecule has 6 rings (SSSR count). The van der Waals surface area contributed by atoms with Gasteiger partial charge in [-0.25, -0.2) is 9.38 Å². The summed E-state index contributed by atoms with van der Waals surface area (Å²) in [6.07, 6.45) is 3.99. The zero-order chi connectivity index (χ0) is 25.2. The van der Waals surface area contributed by atoms with Crippen LogP contribution in [0.4, 0.5) is 15.8 Å². The lowest BCUT2D eigenvalue weighted by molar-refractivity contribution is -0.113. The van der Waals surface area contributed by atoms with E-state index in [1.807, 2.05) is 85.1 Å². The molecule has 0 radical (unpaired) electrons. The first-order chi connectivity index (χ1) is 18.2. The molecule has 5 aromatic rings. The Morgan fingerprint density at radius 3 is 2.24 bits per heavy atom. The minimum atomic E-state index is -0.251. The van der Waals surface area contributed by atoms with Crippen LogP contribution in [0.5, 0.6) is 0 Å². The van der Waals surface area contributed by atoms with Gasteiger partial charge in [0.1, 0.15) is 5.82 Å². The number of amidine groups is 1. The molecule has 4 nitrogen and oxygen atoms in total. The average Bonchev–Trinajstić information content (AvgIpc) is 3.43. The SMILES string of the molecule is O=C1/C(=C/c2cn(Cc3ccc(F)cc3)c3ccccc23)SC(=Nc2ccccc2)N1c1ccccc1. The Labute approximate surface area is 218 Å². The molecule has 0 atom stereocenters. The van der Waals surface area contributed by atoms with Crippen molar-refractivity contribution in [3.8, 4) is 0 Å². The van der Waals surface area contributed by atoms with Crippen molar-refractivity contribution in [1.82, 2.24) is 4.57 Å². The largest absolute Gasteiger partial charge is 0.342 e. The molecule has 1 aliphatic heterocycles. The second-order valence-corrected chi connectivity index (χ2v) is 9.68. The van der Waals surface area contributed by atoms with Crippen molar-refractivity contribution in [2.24, 2.45) is 4.99 Å². The maximum absolute atomic E-state index is 13.7. The number of amides is 1. The third-order valence-electron chi connectivity index (χ3n) is 6.17. The van der Waals surface area contributed by atoms with Crippen LogP contribution in [-0.4, -0.2) is 15.6 Å². The van der Waals surface area contributed by atoms with E-state index in [2.05, 4.69) is 16.7 Å². The van der Waals surface area contributed by atoms with Gasteiger partial charge in [-0.2, -0.15) is 0 Å². The van der Waals surface area contributed by atoms with Crippen LogP contribution in [0.2, 0.25) is 0 Å². The summed E-state index contributed by atoms with van der Waals surface area (Å²) in [6.45, 7) is 0.599. The molecule has 180 valence electrons. The highest BCUT2D eigenvalue weighted by molar-refractivity contribution is 8.19. The maximum atomic E-state index is 13.7. The van der Waals surface area contributed by atoms with Gasteiger partial charge in [-0.1, -0.05) is 66.7 Å². The summed E-state index contributed by atoms with van der Waals surface area (Å²) in [4.78, 5) is 20.8. The number of aliphatic imine (C=N–C) groups is 1. The smallest absolute Gasteiger partial charge is 0.271 e. The maximum Gasteiger partial charge on any atom is 0.271 e. The van der Waals surface area contributed by atoms with Crippen LogP contribution in [0.25, 0.3) is 17.0 Å². The molecular weight excluding hydrogens is 481 g/mol. The van der Waals surface area contributed by atoms with Crippen molar-refractivity contribution >= 4 is 51.2 Å². The zero-order valence-electron chi connectivity index (χ0n) is 19.8. The number of nitrogens with zero attached hydrogens (tertiary/aromatic N) is 3. The fraction of sp³-hybridized carbons (Fsp3) is 0.0323. The summed E-state index contributed by atoms with van der Waals surface area (Å²) in [5, 5.41) is 1.66. The van der Waals surface area contributed by atoms with Crippen LogP contribution < -0.4 is 4.90 Å². The molecule has 4 aromatic carbocycles. The molecule has 0 N–H and O–H groups in total. The lowest BCUT2D eigenvalue weighted by Gasteiger charge is -2.15. The number of carbonyl (C=O) groups is 1. The third-order valence-corrected chi connectivity index (χ3v) is 7.14. The van der Waals surface area contributed by atoms with Gasteiger partial charge in [-0.3, -0.25) is 9.69 Å². The predicted octanol–water partition coefficient (Wildman–Crippen LogP) is 7.64. The van der Waals surface area contributed by atoms with Crippen molar-refractivity contribution in [2.45, 2.75) is 6.54 Å². The molecule has 0 spiro atoms. The molecule has 1 amide bonds. The van der Waals surface area contributed by atoms with E-state index in [0.29, 0.717) is 16.6 Å². The number of halogens is 1. The molecule has 1 saturated heterocycles. The highest BCUT2D eigenvalue weighted by atomic mass is 32.2. The second kappa shape index (κ2) is 9.91. The molecule has 37 heavy (non-hydrogen) atoms. The Balaban J connectivity index is 1.41. The number of carbonyl (C=O) groups excluding carboxylic acids is 1. The molecular formula is C31H22FN3OS. The van der Waals surface area contributed by atoms with Crippen molar-refractivity contribution < 1.29 is 9.18 Å². The molecule has 0 bridgehead atoms. The monoisotopic (exact) mass is 503 g/mol. The van der Waals surface area contributed by atoms with Gasteiger partial charge in [0.15, 0.2) is 5.17 Å². The second-order valence-electron chi connectivity index (χ2n) is 8.67. The molecule has 0 aliphatic carbocycles. The van der Waals surface area contributed by atoms with Crippen LogP contribution in [0.3, 0.4) is 0 Å². The van der Waals surface area contributed by atoms with Gasteiger partial charge in [-0.15, -0.1) is 0 Å². The van der Waals surface area contributed by atoms with Gasteiger partial charge >= 0.3 is 0 Å². The number of hydrogen-bond donors (Lipinski definition) is 0. The van der Waals surface area contributed by atoms with E-state index >= 15 is 0 Å². The fourth-order valence-corrected chi connectivity index (χ4v) is 5.41. The van der Waals surface area contributed by atoms with Crippen LogP contribution >= 0.6 is 11.8 Å². The Morgan fingerprint density at radius 2 is 1.49 bits per heavy atom. The van der Waals surface area contributed by atoms with Crippen LogP contribution in [0.15, 0.2) is 125 Å². The van der Waals surface area contributed by atoms with Crippen molar-refractivity contribution in [3.63, 3.8) is 0 Å². The number of rotatable bonds is 5. The number of benzene rings is 4. The first-order valence-corrected chi connectivity index (χ1v) is 12.7. The third kappa shape index (κ3) is 4.71. The van der Waals surface area contributed by atoms with E-state index in [1.165, 1.54) is 23.9 Å². The van der Waals surface area contributed by atoms with Crippen molar-refractivity contribution in [2.75, 3.05) is 4.90 Å². The summed E-state index contributed by atoms with van der Waals surface area (Å²) < 4.78 is 15.5. The number of aromatic nitrogens is 1. The molecule has 1 aromatic heterocycles. The summed E-state index contributed by atoms with van der Waals surface area (Å²) in [7, 11) is 0. The first kappa shape index (κ1) is 23.0. The van der Waals surface area contributed by atoms with Crippen LogP contribution in [0.1, 0.15) is 11.1 Å². The van der Waals surface area contributed by atoms with E-state index < -0.39 is 0 Å². The van der Waals surface area contributed by atoms with Crippen LogP contribution in [0, 0.1) is 5.82 Å². The lowest BCUT2D eigenvalue weighted by Crippen LogP contribution is -2.28. The van der Waals surface area contributed by atoms with Gasteiger partial charge in [-0.05, 0) is 65.9 Å². The zero-order valence-corrected chi connectivity index (χ0v) is 20.6. The normalized spacial score (nSPS) is 15.8. The van der Waals surface area contributed by atoms with Crippen LogP contribution in [-0.2, 0) is 11.3 Å². The predicted molar refractivity (Wildman–Crippen MR) is 150 cm³/mol. The van der Waals surface area contributed by atoms with Gasteiger partial charge in [0.2, 0.25) is 0 Å². The average molecular weight is 504 g/mol. The Kier molecular flexibility index (Phi) is 6.16. The first-order valence-electron chi connectivity index (χ1n) is 11.9. The quantitative estimate of drug-likeness (QED) is 0.231. The van der Waals surface area contributed by atoms with Gasteiger partial charge in [0.05, 0.1) is 16.3 Å². The number of hydrogen-bond acceptors (Lipinski definition) is 3. The van der Waals surface area contributed by atoms with Crippen molar-refractivity contribution in [1.29, 1.82) is 0 Å². The Bertz CT molecular complexity index is 1640. The molecule has 0 saturated carbocycles. The molecule has 1 aliphatic rings. The Morgan fingerprint density at radius 1 is 0.811 bits per heavy atom. The minimum Gasteiger partial charge on any atom is -0.342 e. The fourth-order valence-electron chi connectivity index (χ4n) is 4.42. The van der Waals surface area contributed by atoms with Gasteiger partial charge < -0.3 is 4.57 Å². The summed E-state index contributed by atoms with van der Waals surface area (Å²) in [6, 6.07) is 33.9. The Hall–Kier alpha value is -4.42. The van der Waals surface area contributed by atoms with E-state index in [1.54, 1.807) is 17.0 Å².